The van der Waals surface area contributed by atoms with Crippen LogP contribution >= 0.6 is 27.5 Å². The van der Waals surface area contributed by atoms with E-state index in [9.17, 15) is 4.39 Å². The van der Waals surface area contributed by atoms with Gasteiger partial charge in [0.1, 0.15) is 5.82 Å². The Labute approximate surface area is 129 Å². The fourth-order valence-corrected chi connectivity index (χ4v) is 2.44. The summed E-state index contributed by atoms with van der Waals surface area (Å²) in [6.45, 7) is 5.37. The van der Waals surface area contributed by atoms with E-state index in [1.807, 2.05) is 0 Å². The van der Waals surface area contributed by atoms with Gasteiger partial charge in [-0.2, -0.15) is 0 Å². The number of hydrogen-bond donors (Lipinski definition) is 1. The lowest BCUT2D eigenvalue weighted by Gasteiger charge is -2.08. The molecule has 4 heteroatoms. The van der Waals surface area contributed by atoms with Gasteiger partial charge < -0.3 is 5.32 Å². The van der Waals surface area contributed by atoms with E-state index in [0.717, 1.165) is 25.8 Å². The van der Waals surface area contributed by atoms with Crippen LogP contribution in [0.4, 0.5) is 4.39 Å². The van der Waals surface area contributed by atoms with Gasteiger partial charge in [0, 0.05) is 10.5 Å². The summed E-state index contributed by atoms with van der Waals surface area (Å²) in [6, 6.07) is 3.73. The minimum Gasteiger partial charge on any atom is -0.315 e. The van der Waals surface area contributed by atoms with Crippen molar-refractivity contribution in [1.29, 1.82) is 0 Å². The fourth-order valence-electron chi connectivity index (χ4n) is 1.94. The topological polar surface area (TPSA) is 12.0 Å². The van der Waals surface area contributed by atoms with Crippen LogP contribution in [0.5, 0.6) is 0 Å². The van der Waals surface area contributed by atoms with Gasteiger partial charge in [0.15, 0.2) is 0 Å². The summed E-state index contributed by atoms with van der Waals surface area (Å²) in [5.41, 5.74) is 0.716. The molecule has 1 N–H and O–H groups in total. The van der Waals surface area contributed by atoms with Crippen LogP contribution in [0, 0.1) is 5.82 Å². The fraction of sp³-hybridized carbons (Fsp3) is 0.600. The Morgan fingerprint density at radius 1 is 1.21 bits per heavy atom. The number of halogens is 3. The van der Waals surface area contributed by atoms with Crippen molar-refractivity contribution in [1.82, 2.24) is 5.32 Å². The molecule has 0 aliphatic heterocycles. The van der Waals surface area contributed by atoms with E-state index in [1.54, 1.807) is 6.07 Å². The van der Waals surface area contributed by atoms with Crippen LogP contribution < -0.4 is 5.32 Å². The molecule has 0 saturated heterocycles. The maximum absolute atomic E-state index is 13.7. The summed E-state index contributed by atoms with van der Waals surface area (Å²) >= 11 is 9.20. The van der Waals surface area contributed by atoms with Gasteiger partial charge in [0.25, 0.3) is 0 Å². The smallest absolute Gasteiger partial charge is 0.127 e. The zero-order valence-corrected chi connectivity index (χ0v) is 14.0. The first-order valence-corrected chi connectivity index (χ1v) is 8.04. The summed E-state index contributed by atoms with van der Waals surface area (Å²) < 4.78 is 14.3. The number of rotatable bonds is 8. The molecule has 1 aromatic rings. The molecule has 0 aromatic heterocycles. The third-order valence-electron chi connectivity index (χ3n) is 3.01. The van der Waals surface area contributed by atoms with E-state index in [1.165, 1.54) is 18.9 Å². The third kappa shape index (κ3) is 6.73. The molecule has 0 aliphatic rings. The summed E-state index contributed by atoms with van der Waals surface area (Å²) in [5, 5.41) is 3.98. The minimum atomic E-state index is -0.169. The normalized spacial score (nSPS) is 11.3. The summed E-state index contributed by atoms with van der Waals surface area (Å²) in [6.07, 6.45) is 5.27. The summed E-state index contributed by atoms with van der Waals surface area (Å²) in [4.78, 5) is 0. The van der Waals surface area contributed by atoms with Crippen molar-refractivity contribution < 1.29 is 4.39 Å². The molecule has 0 spiro atoms. The molecule has 0 unspecified atom stereocenters. The average molecular weight is 351 g/mol. The van der Waals surface area contributed by atoms with E-state index in [0.29, 0.717) is 21.1 Å². The van der Waals surface area contributed by atoms with Crippen molar-refractivity contribution >= 4 is 27.5 Å². The molecule has 0 fully saturated rings. The van der Waals surface area contributed by atoms with Crippen LogP contribution in [0.15, 0.2) is 16.6 Å². The predicted molar refractivity (Wildman–Crippen MR) is 84.4 cm³/mol. The second kappa shape index (κ2) is 8.93. The van der Waals surface area contributed by atoms with Crippen molar-refractivity contribution in [2.75, 3.05) is 6.54 Å². The van der Waals surface area contributed by atoms with Gasteiger partial charge in [-0.3, -0.25) is 0 Å². The lowest BCUT2D eigenvalue weighted by atomic mass is 10.1. The molecule has 108 valence electrons. The molecule has 1 nitrogen and oxygen atoms in total. The highest BCUT2D eigenvalue weighted by atomic mass is 79.9. The van der Waals surface area contributed by atoms with Gasteiger partial charge in [-0.1, -0.05) is 38.3 Å². The molecule has 0 amide bonds. The lowest BCUT2D eigenvalue weighted by Crippen LogP contribution is -2.23. The second-order valence-corrected chi connectivity index (χ2v) is 6.39. The van der Waals surface area contributed by atoms with Crippen molar-refractivity contribution in [3.63, 3.8) is 0 Å². The van der Waals surface area contributed by atoms with Crippen molar-refractivity contribution in [3.8, 4) is 0 Å². The Morgan fingerprint density at radius 3 is 2.58 bits per heavy atom. The first kappa shape index (κ1) is 16.9. The average Bonchev–Trinajstić information content (AvgIpc) is 2.33. The molecular formula is C15H22BrClFN. The van der Waals surface area contributed by atoms with E-state index in [4.69, 9.17) is 11.6 Å². The number of unbranched alkanes of at least 4 members (excludes halogenated alkanes) is 3. The molecule has 0 saturated carbocycles. The SMILES string of the molecule is CC(C)NCCCCCCc1cc(Cl)c(Br)cc1F. The van der Waals surface area contributed by atoms with Crippen LogP contribution in [-0.2, 0) is 6.42 Å². The predicted octanol–water partition coefficient (Wildman–Crippen LogP) is 5.34. The zero-order valence-electron chi connectivity index (χ0n) is 11.6. The molecule has 1 rings (SSSR count). The van der Waals surface area contributed by atoms with Gasteiger partial charge in [0.05, 0.1) is 5.02 Å². The lowest BCUT2D eigenvalue weighted by molar-refractivity contribution is 0.538. The molecule has 0 radical (unpaired) electrons. The van der Waals surface area contributed by atoms with Gasteiger partial charge in [-0.15, -0.1) is 0 Å². The van der Waals surface area contributed by atoms with Gasteiger partial charge in [-0.25, -0.2) is 4.39 Å². The number of aryl methyl sites for hydroxylation is 1. The summed E-state index contributed by atoms with van der Waals surface area (Å²) in [5.74, 6) is -0.169. The Balaban J connectivity index is 2.21. The Morgan fingerprint density at radius 2 is 1.89 bits per heavy atom. The standard InChI is InChI=1S/C15H22BrClFN/c1-11(2)19-8-6-4-3-5-7-12-9-14(17)13(16)10-15(12)18/h9-11,19H,3-8H2,1-2H3. The maximum atomic E-state index is 13.7. The van der Waals surface area contributed by atoms with Crippen LogP contribution in [0.25, 0.3) is 0 Å². The van der Waals surface area contributed by atoms with Crippen LogP contribution in [0.1, 0.15) is 45.1 Å². The van der Waals surface area contributed by atoms with Crippen LogP contribution in [0.3, 0.4) is 0 Å². The highest BCUT2D eigenvalue weighted by molar-refractivity contribution is 9.10. The summed E-state index contributed by atoms with van der Waals surface area (Å²) in [7, 11) is 0. The number of nitrogens with one attached hydrogen (secondary N) is 1. The maximum Gasteiger partial charge on any atom is 0.127 e. The molecule has 0 heterocycles. The largest absolute Gasteiger partial charge is 0.315 e. The van der Waals surface area contributed by atoms with Crippen molar-refractivity contribution in [3.05, 3.63) is 33.0 Å². The van der Waals surface area contributed by atoms with Gasteiger partial charge in [0.2, 0.25) is 0 Å². The van der Waals surface area contributed by atoms with Crippen molar-refractivity contribution in [2.45, 2.75) is 52.0 Å². The highest BCUT2D eigenvalue weighted by Gasteiger charge is 2.06. The highest BCUT2D eigenvalue weighted by Crippen LogP contribution is 2.26. The molecule has 0 bridgehead atoms. The number of hydrogen-bond acceptors (Lipinski definition) is 1. The molecule has 1 aromatic carbocycles. The van der Waals surface area contributed by atoms with E-state index in [2.05, 4.69) is 35.1 Å². The van der Waals surface area contributed by atoms with Gasteiger partial charge >= 0.3 is 0 Å². The monoisotopic (exact) mass is 349 g/mol. The van der Waals surface area contributed by atoms with E-state index < -0.39 is 0 Å². The van der Waals surface area contributed by atoms with Crippen LogP contribution in [0.2, 0.25) is 5.02 Å². The Hall–Kier alpha value is -0.120. The van der Waals surface area contributed by atoms with E-state index in [-0.39, 0.29) is 5.82 Å². The van der Waals surface area contributed by atoms with Gasteiger partial charge in [-0.05, 0) is 59.4 Å². The van der Waals surface area contributed by atoms with E-state index >= 15 is 0 Å². The molecule has 0 atom stereocenters. The third-order valence-corrected chi connectivity index (χ3v) is 4.21. The minimum absolute atomic E-state index is 0.169. The quantitative estimate of drug-likeness (QED) is 0.493. The molecule has 0 aliphatic carbocycles. The molecular weight excluding hydrogens is 329 g/mol. The van der Waals surface area contributed by atoms with Crippen LogP contribution in [-0.4, -0.2) is 12.6 Å². The Bertz CT molecular complexity index is 396. The zero-order chi connectivity index (χ0) is 14.3. The Kier molecular flexibility index (Phi) is 7.96. The number of benzene rings is 1. The second-order valence-electron chi connectivity index (χ2n) is 5.13. The molecule has 19 heavy (non-hydrogen) atoms. The first-order valence-electron chi connectivity index (χ1n) is 6.87. The first-order chi connectivity index (χ1) is 9.00. The van der Waals surface area contributed by atoms with Crippen molar-refractivity contribution in [2.24, 2.45) is 0 Å².